The van der Waals surface area contributed by atoms with Crippen LogP contribution in [0.1, 0.15) is 5.56 Å². The van der Waals surface area contributed by atoms with Crippen LogP contribution in [0.3, 0.4) is 0 Å². The van der Waals surface area contributed by atoms with E-state index in [-0.39, 0.29) is 5.69 Å². The first-order valence-corrected chi connectivity index (χ1v) is 8.75. The van der Waals surface area contributed by atoms with Gasteiger partial charge in [0.15, 0.2) is 5.58 Å². The highest BCUT2D eigenvalue weighted by Gasteiger charge is 2.22. The van der Waals surface area contributed by atoms with E-state index < -0.39 is 0 Å². The smallest absolute Gasteiger partial charge is 0.323 e. The molecule has 1 fully saturated rings. The Morgan fingerprint density at radius 3 is 2.69 bits per heavy atom. The van der Waals surface area contributed by atoms with E-state index in [0.717, 1.165) is 54.0 Å². The van der Waals surface area contributed by atoms with Gasteiger partial charge in [-0.1, -0.05) is 12.1 Å². The first-order valence-electron chi connectivity index (χ1n) is 8.75. The molecule has 1 aliphatic rings. The lowest BCUT2D eigenvalue weighted by Gasteiger charge is -2.35. The topological polar surface area (TPSA) is 81.2 Å². The highest BCUT2D eigenvalue weighted by molar-refractivity contribution is 5.88. The zero-order valence-electron chi connectivity index (χ0n) is 14.5. The third-order valence-corrected chi connectivity index (χ3v) is 4.95. The van der Waals surface area contributed by atoms with Crippen LogP contribution in [0.5, 0.6) is 0 Å². The number of hydrogen-bond donors (Lipinski definition) is 2. The van der Waals surface area contributed by atoms with Gasteiger partial charge in [-0.3, -0.25) is 0 Å². The second-order valence-corrected chi connectivity index (χ2v) is 6.72. The Morgan fingerprint density at radius 1 is 1.04 bits per heavy atom. The highest BCUT2D eigenvalue weighted by atomic mass is 16.4. The number of aryl methyl sites for hydroxylation is 1. The minimum atomic E-state index is -0.173. The molecule has 0 amide bonds. The SMILES string of the molecule is Cc1ccc2oc(N3CCN(c4cccc5[nH]c(=O)[nH]c45)CC3)nc2c1. The third-order valence-electron chi connectivity index (χ3n) is 4.95. The second kappa shape index (κ2) is 5.66. The molecule has 7 heteroatoms. The number of imidazole rings is 1. The largest absolute Gasteiger partial charge is 0.423 e. The van der Waals surface area contributed by atoms with Crippen LogP contribution >= 0.6 is 0 Å². The zero-order chi connectivity index (χ0) is 17.7. The molecule has 1 aliphatic heterocycles. The van der Waals surface area contributed by atoms with E-state index in [2.05, 4.69) is 31.7 Å². The van der Waals surface area contributed by atoms with E-state index >= 15 is 0 Å². The van der Waals surface area contributed by atoms with Crippen LogP contribution in [-0.4, -0.2) is 41.1 Å². The van der Waals surface area contributed by atoms with Crippen molar-refractivity contribution in [2.45, 2.75) is 6.92 Å². The summed E-state index contributed by atoms with van der Waals surface area (Å²) in [6, 6.07) is 12.7. The molecular formula is C19H19N5O2. The van der Waals surface area contributed by atoms with Gasteiger partial charge in [-0.05, 0) is 36.8 Å². The van der Waals surface area contributed by atoms with Crippen LogP contribution < -0.4 is 15.5 Å². The molecule has 0 aliphatic carbocycles. The van der Waals surface area contributed by atoms with E-state index in [1.807, 2.05) is 36.4 Å². The molecule has 0 atom stereocenters. The summed E-state index contributed by atoms with van der Waals surface area (Å²) in [6.45, 7) is 5.36. The summed E-state index contributed by atoms with van der Waals surface area (Å²) in [5.41, 5.74) is 5.48. The molecule has 0 spiro atoms. The molecule has 0 radical (unpaired) electrons. The quantitative estimate of drug-likeness (QED) is 0.581. The van der Waals surface area contributed by atoms with E-state index in [1.54, 1.807) is 0 Å². The molecule has 2 aromatic heterocycles. The van der Waals surface area contributed by atoms with E-state index in [9.17, 15) is 4.79 Å². The molecule has 0 unspecified atom stereocenters. The summed E-state index contributed by atoms with van der Waals surface area (Å²) in [7, 11) is 0. The summed E-state index contributed by atoms with van der Waals surface area (Å²) >= 11 is 0. The molecule has 3 heterocycles. The van der Waals surface area contributed by atoms with Crippen molar-refractivity contribution in [2.75, 3.05) is 36.0 Å². The molecule has 0 saturated carbocycles. The summed E-state index contributed by atoms with van der Waals surface area (Å²) in [5.74, 6) is 0. The van der Waals surface area contributed by atoms with Gasteiger partial charge >= 0.3 is 5.69 Å². The number of piperazine rings is 1. The van der Waals surface area contributed by atoms with Crippen molar-refractivity contribution in [2.24, 2.45) is 0 Å². The van der Waals surface area contributed by atoms with Gasteiger partial charge in [0.05, 0.1) is 16.7 Å². The van der Waals surface area contributed by atoms with E-state index in [0.29, 0.717) is 6.01 Å². The Hall–Kier alpha value is -3.22. The van der Waals surface area contributed by atoms with Crippen LogP contribution in [0.4, 0.5) is 11.7 Å². The summed E-state index contributed by atoms with van der Waals surface area (Å²) in [6.07, 6.45) is 0. The Bertz CT molecular complexity index is 1150. The number of hydrogen-bond acceptors (Lipinski definition) is 5. The summed E-state index contributed by atoms with van der Waals surface area (Å²) < 4.78 is 5.92. The summed E-state index contributed by atoms with van der Waals surface area (Å²) in [5, 5.41) is 0. The van der Waals surface area contributed by atoms with Gasteiger partial charge in [-0.25, -0.2) is 4.79 Å². The lowest BCUT2D eigenvalue weighted by molar-refractivity contribution is 0.542. The van der Waals surface area contributed by atoms with Gasteiger partial charge in [0, 0.05) is 26.2 Å². The normalized spacial score (nSPS) is 15.3. The molecule has 2 aromatic carbocycles. The van der Waals surface area contributed by atoms with Crippen molar-refractivity contribution >= 4 is 33.8 Å². The van der Waals surface area contributed by atoms with Crippen LogP contribution in [0.2, 0.25) is 0 Å². The number of oxazole rings is 1. The number of nitrogens with one attached hydrogen (secondary N) is 2. The second-order valence-electron chi connectivity index (χ2n) is 6.72. The molecule has 26 heavy (non-hydrogen) atoms. The highest BCUT2D eigenvalue weighted by Crippen LogP contribution is 2.27. The maximum Gasteiger partial charge on any atom is 0.323 e. The molecule has 7 nitrogen and oxygen atoms in total. The van der Waals surface area contributed by atoms with Gasteiger partial charge in [-0.2, -0.15) is 4.98 Å². The van der Waals surface area contributed by atoms with Crippen molar-refractivity contribution in [1.82, 2.24) is 15.0 Å². The Morgan fingerprint density at radius 2 is 1.85 bits per heavy atom. The van der Waals surface area contributed by atoms with Crippen molar-refractivity contribution in [3.8, 4) is 0 Å². The zero-order valence-corrected chi connectivity index (χ0v) is 14.5. The number of fused-ring (bicyclic) bond motifs is 2. The number of para-hydroxylation sites is 1. The van der Waals surface area contributed by atoms with Gasteiger partial charge in [0.2, 0.25) is 0 Å². The monoisotopic (exact) mass is 349 g/mol. The summed E-state index contributed by atoms with van der Waals surface area (Å²) in [4.78, 5) is 26.4. The van der Waals surface area contributed by atoms with Gasteiger partial charge < -0.3 is 24.2 Å². The number of H-pyrrole nitrogens is 2. The molecule has 0 bridgehead atoms. The van der Waals surface area contributed by atoms with Crippen molar-refractivity contribution in [3.63, 3.8) is 0 Å². The average molecular weight is 349 g/mol. The Labute approximate surface area is 149 Å². The predicted molar refractivity (Wildman–Crippen MR) is 102 cm³/mol. The van der Waals surface area contributed by atoms with Crippen LogP contribution in [0.15, 0.2) is 45.6 Å². The minimum absolute atomic E-state index is 0.173. The minimum Gasteiger partial charge on any atom is -0.423 e. The Balaban J connectivity index is 1.39. The van der Waals surface area contributed by atoms with Crippen LogP contribution in [-0.2, 0) is 0 Å². The first-order chi connectivity index (χ1) is 12.7. The maximum absolute atomic E-state index is 11.6. The Kier molecular flexibility index (Phi) is 3.28. The van der Waals surface area contributed by atoms with Gasteiger partial charge in [0.1, 0.15) is 5.52 Å². The van der Waals surface area contributed by atoms with Crippen molar-refractivity contribution < 1.29 is 4.42 Å². The number of benzene rings is 2. The molecule has 132 valence electrons. The average Bonchev–Trinajstić information content (AvgIpc) is 3.23. The number of aromatic nitrogens is 3. The number of nitrogens with zero attached hydrogens (tertiary/aromatic N) is 3. The fraction of sp³-hybridized carbons (Fsp3) is 0.263. The number of rotatable bonds is 2. The van der Waals surface area contributed by atoms with E-state index in [4.69, 9.17) is 4.42 Å². The third kappa shape index (κ3) is 2.44. The standard InChI is InChI=1S/C19H19N5O2/c1-12-5-6-16-14(11-12)21-19(26-16)24-9-7-23(8-10-24)15-4-2-3-13-17(15)22-18(25)20-13/h2-6,11H,7-10H2,1H3,(H2,20,22,25). The van der Waals surface area contributed by atoms with Crippen LogP contribution in [0.25, 0.3) is 22.1 Å². The number of anilines is 2. The molecule has 5 rings (SSSR count). The maximum atomic E-state index is 11.6. The van der Waals surface area contributed by atoms with Crippen molar-refractivity contribution in [1.29, 1.82) is 0 Å². The lowest BCUT2D eigenvalue weighted by atomic mass is 10.2. The first kappa shape index (κ1) is 15.1. The molecular weight excluding hydrogens is 330 g/mol. The van der Waals surface area contributed by atoms with E-state index in [1.165, 1.54) is 5.56 Å². The number of aromatic amines is 2. The van der Waals surface area contributed by atoms with Crippen LogP contribution in [0, 0.1) is 6.92 Å². The van der Waals surface area contributed by atoms with Gasteiger partial charge in [0.25, 0.3) is 6.01 Å². The lowest BCUT2D eigenvalue weighted by Crippen LogP contribution is -2.46. The van der Waals surface area contributed by atoms with Gasteiger partial charge in [-0.15, -0.1) is 0 Å². The predicted octanol–water partition coefficient (Wildman–Crippen LogP) is 2.63. The fourth-order valence-corrected chi connectivity index (χ4v) is 3.61. The fourth-order valence-electron chi connectivity index (χ4n) is 3.61. The molecule has 4 aromatic rings. The molecule has 2 N–H and O–H groups in total. The van der Waals surface area contributed by atoms with Crippen molar-refractivity contribution in [3.05, 3.63) is 52.4 Å². The molecule has 1 saturated heterocycles.